The van der Waals surface area contributed by atoms with Crippen LogP contribution < -0.4 is 10.0 Å². The molecule has 25 heavy (non-hydrogen) atoms. The van der Waals surface area contributed by atoms with E-state index in [1.807, 2.05) is 20.8 Å². The summed E-state index contributed by atoms with van der Waals surface area (Å²) in [5.41, 5.74) is 0.206. The van der Waals surface area contributed by atoms with E-state index < -0.39 is 27.9 Å². The largest absolute Gasteiger partial charge is 0.480 e. The second-order valence-corrected chi connectivity index (χ2v) is 8.16. The second-order valence-electron chi connectivity index (χ2n) is 6.45. The summed E-state index contributed by atoms with van der Waals surface area (Å²) in [4.78, 5) is 23.5. The molecule has 0 saturated heterocycles. The van der Waals surface area contributed by atoms with Gasteiger partial charge in [0.15, 0.2) is 0 Å². The molecule has 1 aromatic carbocycles. The number of hydrogen-bond acceptors (Lipinski definition) is 4. The zero-order chi connectivity index (χ0) is 19.2. The van der Waals surface area contributed by atoms with E-state index in [0.717, 1.165) is 0 Å². The van der Waals surface area contributed by atoms with Gasteiger partial charge in [0.2, 0.25) is 10.0 Å². The fraction of sp³-hybridized carbons (Fsp3) is 0.529. The third-order valence-corrected chi connectivity index (χ3v) is 5.31. The van der Waals surface area contributed by atoms with Gasteiger partial charge < -0.3 is 10.4 Å². The molecule has 0 aromatic heterocycles. The lowest BCUT2D eigenvalue weighted by Gasteiger charge is -2.16. The molecule has 3 N–H and O–H groups in total. The van der Waals surface area contributed by atoms with Crippen molar-refractivity contribution in [2.45, 2.75) is 57.5 Å². The van der Waals surface area contributed by atoms with Crippen LogP contribution in [0.25, 0.3) is 0 Å². The Morgan fingerprint density at radius 2 is 1.68 bits per heavy atom. The van der Waals surface area contributed by atoms with E-state index in [1.54, 1.807) is 6.92 Å². The first-order chi connectivity index (χ1) is 11.6. The number of carboxylic acids is 1. The van der Waals surface area contributed by atoms with E-state index >= 15 is 0 Å². The lowest BCUT2D eigenvalue weighted by atomic mass is 10.0. The minimum atomic E-state index is -3.64. The van der Waals surface area contributed by atoms with Crippen LogP contribution in [-0.2, 0) is 14.8 Å². The molecule has 1 rings (SSSR count). The van der Waals surface area contributed by atoms with Crippen molar-refractivity contribution in [3.63, 3.8) is 0 Å². The Balaban J connectivity index is 2.88. The summed E-state index contributed by atoms with van der Waals surface area (Å²) in [5.74, 6) is -1.54. The van der Waals surface area contributed by atoms with Gasteiger partial charge in [0.1, 0.15) is 6.04 Å². The number of nitrogens with one attached hydrogen (secondary N) is 2. The Morgan fingerprint density at radius 1 is 1.12 bits per heavy atom. The molecule has 1 aromatic rings. The van der Waals surface area contributed by atoms with Gasteiger partial charge in [-0.1, -0.05) is 20.8 Å². The Hall–Kier alpha value is -1.93. The maximum Gasteiger partial charge on any atom is 0.326 e. The number of carbonyl (C=O) groups excluding carboxylic acids is 1. The molecular formula is C17H26N2O5S. The molecule has 0 aliphatic rings. The molecule has 7 nitrogen and oxygen atoms in total. The highest BCUT2D eigenvalue weighted by Gasteiger charge is 2.22. The Labute approximate surface area is 148 Å². The number of sulfonamides is 1. The maximum absolute atomic E-state index is 12.2. The lowest BCUT2D eigenvalue weighted by molar-refractivity contribution is -0.139. The van der Waals surface area contributed by atoms with Gasteiger partial charge in [0.25, 0.3) is 5.91 Å². The van der Waals surface area contributed by atoms with E-state index in [1.165, 1.54) is 24.3 Å². The van der Waals surface area contributed by atoms with Crippen LogP contribution in [0.4, 0.5) is 0 Å². The fourth-order valence-corrected chi connectivity index (χ4v) is 3.46. The molecule has 8 heteroatoms. The topological polar surface area (TPSA) is 113 Å². The molecule has 0 bridgehead atoms. The molecule has 1 unspecified atom stereocenters. The van der Waals surface area contributed by atoms with Crippen LogP contribution in [0, 0.1) is 5.92 Å². The smallest absolute Gasteiger partial charge is 0.326 e. The lowest BCUT2D eigenvalue weighted by Crippen LogP contribution is -2.41. The summed E-state index contributed by atoms with van der Waals surface area (Å²) >= 11 is 0. The molecule has 0 fully saturated rings. The number of carbonyl (C=O) groups is 2. The van der Waals surface area contributed by atoms with Crippen molar-refractivity contribution in [1.29, 1.82) is 0 Å². The summed E-state index contributed by atoms with van der Waals surface area (Å²) in [6, 6.07) is 4.22. The summed E-state index contributed by atoms with van der Waals surface area (Å²) in [6.07, 6.45) is 0.971. The molecule has 0 aliphatic heterocycles. The van der Waals surface area contributed by atoms with Crippen LogP contribution in [0.3, 0.4) is 0 Å². The summed E-state index contributed by atoms with van der Waals surface area (Å²) < 4.78 is 26.9. The van der Waals surface area contributed by atoms with Gasteiger partial charge in [-0.05, 0) is 49.9 Å². The zero-order valence-corrected chi connectivity index (χ0v) is 15.8. The van der Waals surface area contributed by atoms with Crippen LogP contribution in [0.2, 0.25) is 0 Å². The van der Waals surface area contributed by atoms with Crippen LogP contribution in [-0.4, -0.2) is 37.5 Å². The van der Waals surface area contributed by atoms with Crippen molar-refractivity contribution >= 4 is 21.9 Å². The van der Waals surface area contributed by atoms with E-state index in [2.05, 4.69) is 10.0 Å². The number of hydrogen-bond donors (Lipinski definition) is 3. The van der Waals surface area contributed by atoms with Crippen LogP contribution in [0.1, 0.15) is 50.9 Å². The average Bonchev–Trinajstić information content (AvgIpc) is 2.53. The molecule has 0 heterocycles. The fourth-order valence-electron chi connectivity index (χ4n) is 2.14. The highest BCUT2D eigenvalue weighted by atomic mass is 32.2. The van der Waals surface area contributed by atoms with Crippen molar-refractivity contribution in [3.05, 3.63) is 29.8 Å². The van der Waals surface area contributed by atoms with Gasteiger partial charge in [-0.2, -0.15) is 0 Å². The molecular weight excluding hydrogens is 344 g/mol. The minimum absolute atomic E-state index is 0.0568. The molecule has 0 radical (unpaired) electrons. The van der Waals surface area contributed by atoms with Gasteiger partial charge >= 0.3 is 5.97 Å². The van der Waals surface area contributed by atoms with Crippen LogP contribution >= 0.6 is 0 Å². The van der Waals surface area contributed by atoms with Crippen molar-refractivity contribution < 1.29 is 23.1 Å². The summed E-state index contributed by atoms with van der Waals surface area (Å²) in [7, 11) is -3.64. The first kappa shape index (κ1) is 21.1. The monoisotopic (exact) mass is 370 g/mol. The first-order valence-corrected chi connectivity index (χ1v) is 9.71. The van der Waals surface area contributed by atoms with Gasteiger partial charge in [0.05, 0.1) is 4.90 Å². The van der Waals surface area contributed by atoms with E-state index in [9.17, 15) is 23.1 Å². The molecule has 0 saturated carbocycles. The zero-order valence-electron chi connectivity index (χ0n) is 14.9. The Kier molecular flexibility index (Phi) is 7.57. The molecule has 140 valence electrons. The normalized spacial score (nSPS) is 14.1. The quantitative estimate of drug-likeness (QED) is 0.615. The van der Waals surface area contributed by atoms with Crippen molar-refractivity contribution in [3.8, 4) is 0 Å². The number of aliphatic carboxylic acids is 1. The Morgan fingerprint density at radius 3 is 2.12 bits per heavy atom. The summed E-state index contributed by atoms with van der Waals surface area (Å²) in [6.45, 7) is 7.37. The van der Waals surface area contributed by atoms with Gasteiger partial charge in [-0.3, -0.25) is 4.79 Å². The van der Waals surface area contributed by atoms with Crippen molar-refractivity contribution in [2.75, 3.05) is 0 Å². The average molecular weight is 370 g/mol. The number of rotatable bonds is 9. The van der Waals surface area contributed by atoms with Crippen LogP contribution in [0.15, 0.2) is 29.2 Å². The van der Waals surface area contributed by atoms with Crippen molar-refractivity contribution in [1.82, 2.24) is 10.0 Å². The highest BCUT2D eigenvalue weighted by Crippen LogP contribution is 2.13. The molecule has 1 amide bonds. The third kappa shape index (κ3) is 6.47. The number of carboxylic acid groups (broad SMARTS) is 1. The van der Waals surface area contributed by atoms with Crippen LogP contribution in [0.5, 0.6) is 0 Å². The SMILES string of the molecule is CCC(C)NS(=O)(=O)c1ccc(C(=O)N[C@@H](CC(C)C)C(=O)O)cc1. The third-order valence-electron chi connectivity index (χ3n) is 3.71. The predicted octanol–water partition coefficient (Wildman–Crippen LogP) is 1.99. The molecule has 2 atom stereocenters. The summed E-state index contributed by atoms with van der Waals surface area (Å²) in [5, 5.41) is 11.6. The van der Waals surface area contributed by atoms with Gasteiger partial charge in [0, 0.05) is 11.6 Å². The predicted molar refractivity (Wildman–Crippen MR) is 94.9 cm³/mol. The first-order valence-electron chi connectivity index (χ1n) is 8.22. The van der Waals surface area contributed by atoms with Crippen molar-refractivity contribution in [2.24, 2.45) is 5.92 Å². The van der Waals surface area contributed by atoms with Gasteiger partial charge in [-0.15, -0.1) is 0 Å². The molecule has 0 spiro atoms. The second kappa shape index (κ2) is 8.96. The van der Waals surface area contributed by atoms with Gasteiger partial charge in [-0.25, -0.2) is 17.9 Å². The highest BCUT2D eigenvalue weighted by molar-refractivity contribution is 7.89. The van der Waals surface area contributed by atoms with E-state index in [0.29, 0.717) is 12.8 Å². The maximum atomic E-state index is 12.2. The van der Waals surface area contributed by atoms with E-state index in [-0.39, 0.29) is 22.4 Å². The molecule has 0 aliphatic carbocycles. The standard InChI is InChI=1S/C17H26N2O5S/c1-5-12(4)19-25(23,24)14-8-6-13(7-9-14)16(20)18-15(17(21)22)10-11(2)3/h6-9,11-12,15,19H,5,10H2,1-4H3,(H,18,20)(H,21,22)/t12?,15-/m0/s1. The van der Waals surface area contributed by atoms with E-state index in [4.69, 9.17) is 0 Å². The Bertz CT molecular complexity index is 698. The number of benzene rings is 1. The number of amides is 1. The minimum Gasteiger partial charge on any atom is -0.480 e.